The molecule has 3 rings (SSSR count). The molecular formula is C32H42BrN5O5S. The molecule has 1 heterocycles. The van der Waals surface area contributed by atoms with Crippen molar-refractivity contribution in [1.82, 2.24) is 19.9 Å². The number of rotatable bonds is 16. The normalized spacial score (nSPS) is 13.1. The molecule has 0 saturated heterocycles. The number of carbonyl (C=O) groups excluding carboxylic acids is 2. The standard InChI is InChI=1S/C32H42BrN5O5S/c1-22(2)20-38(44(42,43)28-15-13-26(34)14-16-28)27(21-39)9-6-7-17-35-32(41)30(18-24-8-4-5-10-29(24)33)37-31(40)25-12-11-23(3)36-19-25/h4-5,8,10-16,19,22,27,30,39H,6-7,9,17-18,20-21,34H2,1-3H3,(H,35,41)(H,37,40)/t27-,30+/m0/s1. The molecule has 0 aliphatic carbocycles. The van der Waals surface area contributed by atoms with Crippen molar-refractivity contribution in [2.24, 2.45) is 5.92 Å². The maximum absolute atomic E-state index is 13.5. The summed E-state index contributed by atoms with van der Waals surface area (Å²) in [6.07, 6.45) is 3.28. The molecule has 238 valence electrons. The Kier molecular flexibility index (Phi) is 13.3. The van der Waals surface area contributed by atoms with Gasteiger partial charge in [-0.2, -0.15) is 4.31 Å². The number of carbonyl (C=O) groups is 2. The minimum Gasteiger partial charge on any atom is -0.399 e. The smallest absolute Gasteiger partial charge is 0.253 e. The van der Waals surface area contributed by atoms with E-state index in [2.05, 4.69) is 31.5 Å². The van der Waals surface area contributed by atoms with E-state index in [4.69, 9.17) is 5.73 Å². The third-order valence-corrected chi connectivity index (χ3v) is 9.80. The number of amides is 2. The molecule has 1 aromatic heterocycles. The van der Waals surface area contributed by atoms with Crippen molar-refractivity contribution in [2.75, 3.05) is 25.4 Å². The van der Waals surface area contributed by atoms with E-state index in [0.717, 1.165) is 15.7 Å². The maximum Gasteiger partial charge on any atom is 0.253 e. The van der Waals surface area contributed by atoms with Gasteiger partial charge in [0.2, 0.25) is 15.9 Å². The fraction of sp³-hybridized carbons (Fsp3) is 0.406. The summed E-state index contributed by atoms with van der Waals surface area (Å²) in [6.45, 7) is 5.92. The van der Waals surface area contributed by atoms with Gasteiger partial charge in [-0.15, -0.1) is 0 Å². The number of halogens is 1. The number of hydrogen-bond donors (Lipinski definition) is 4. The quantitative estimate of drug-likeness (QED) is 0.131. The third-order valence-electron chi connectivity index (χ3n) is 7.09. The Balaban J connectivity index is 1.63. The molecule has 5 N–H and O–H groups in total. The number of aliphatic hydroxyl groups excluding tert-OH is 1. The highest BCUT2D eigenvalue weighted by Gasteiger charge is 2.31. The van der Waals surface area contributed by atoms with Crippen LogP contribution in [0.1, 0.15) is 54.7 Å². The highest BCUT2D eigenvalue weighted by atomic mass is 79.9. The zero-order valence-electron chi connectivity index (χ0n) is 25.4. The largest absolute Gasteiger partial charge is 0.399 e. The van der Waals surface area contributed by atoms with Crippen LogP contribution in [0.3, 0.4) is 0 Å². The average Bonchev–Trinajstić information content (AvgIpc) is 2.99. The van der Waals surface area contributed by atoms with Gasteiger partial charge in [-0.05, 0) is 73.7 Å². The highest BCUT2D eigenvalue weighted by Crippen LogP contribution is 2.23. The van der Waals surface area contributed by atoms with Crippen molar-refractivity contribution in [1.29, 1.82) is 0 Å². The first-order valence-corrected chi connectivity index (χ1v) is 16.9. The second-order valence-electron chi connectivity index (χ2n) is 11.2. The summed E-state index contributed by atoms with van der Waals surface area (Å²) in [5.74, 6) is -0.692. The number of aromatic nitrogens is 1. The second kappa shape index (κ2) is 16.7. The molecule has 3 aromatic rings. The van der Waals surface area contributed by atoms with Crippen LogP contribution in [0.5, 0.6) is 0 Å². The van der Waals surface area contributed by atoms with E-state index >= 15 is 0 Å². The number of nitrogens with two attached hydrogens (primary N) is 1. The molecule has 10 nitrogen and oxygen atoms in total. The zero-order chi connectivity index (χ0) is 32.3. The summed E-state index contributed by atoms with van der Waals surface area (Å²) in [4.78, 5) is 30.5. The molecule has 2 amide bonds. The Morgan fingerprint density at radius 1 is 1.05 bits per heavy atom. The van der Waals surface area contributed by atoms with E-state index in [9.17, 15) is 23.1 Å². The summed E-state index contributed by atoms with van der Waals surface area (Å²) < 4.78 is 29.2. The predicted octanol–water partition coefficient (Wildman–Crippen LogP) is 4.07. The number of hydrogen-bond acceptors (Lipinski definition) is 7. The number of nitrogens with one attached hydrogen (secondary N) is 2. The fourth-order valence-corrected chi connectivity index (χ4v) is 6.94. The van der Waals surface area contributed by atoms with Gasteiger partial charge in [0.1, 0.15) is 6.04 Å². The Labute approximate surface area is 268 Å². The molecule has 0 bridgehead atoms. The van der Waals surface area contributed by atoms with Crippen molar-refractivity contribution >= 4 is 43.5 Å². The Hall–Kier alpha value is -3.32. The van der Waals surface area contributed by atoms with Crippen LogP contribution in [0.4, 0.5) is 5.69 Å². The summed E-state index contributed by atoms with van der Waals surface area (Å²) >= 11 is 3.52. The van der Waals surface area contributed by atoms with E-state index in [1.165, 1.54) is 22.6 Å². The van der Waals surface area contributed by atoms with E-state index in [-0.39, 0.29) is 36.3 Å². The van der Waals surface area contributed by atoms with Crippen LogP contribution in [0.15, 0.2) is 76.2 Å². The average molecular weight is 689 g/mol. The molecule has 0 fully saturated rings. The lowest BCUT2D eigenvalue weighted by molar-refractivity contribution is -0.122. The van der Waals surface area contributed by atoms with Gasteiger partial charge >= 0.3 is 0 Å². The molecule has 0 spiro atoms. The van der Waals surface area contributed by atoms with Gasteiger partial charge in [-0.1, -0.05) is 54.4 Å². The van der Waals surface area contributed by atoms with Crippen LogP contribution in [0.25, 0.3) is 0 Å². The number of pyridine rings is 1. The van der Waals surface area contributed by atoms with Crippen molar-refractivity contribution in [2.45, 2.75) is 63.4 Å². The maximum atomic E-state index is 13.5. The molecule has 2 atom stereocenters. The molecule has 2 aromatic carbocycles. The van der Waals surface area contributed by atoms with Crippen molar-refractivity contribution in [3.05, 3.63) is 88.2 Å². The van der Waals surface area contributed by atoms with Gasteiger partial charge in [0.25, 0.3) is 5.91 Å². The van der Waals surface area contributed by atoms with Gasteiger partial charge < -0.3 is 21.5 Å². The van der Waals surface area contributed by atoms with Crippen molar-refractivity contribution < 1.29 is 23.1 Å². The van der Waals surface area contributed by atoms with Crippen LogP contribution >= 0.6 is 15.9 Å². The van der Waals surface area contributed by atoms with Gasteiger partial charge in [0.05, 0.1) is 17.1 Å². The van der Waals surface area contributed by atoms with Gasteiger partial charge in [-0.3, -0.25) is 14.6 Å². The van der Waals surface area contributed by atoms with Crippen LogP contribution in [0.2, 0.25) is 0 Å². The third kappa shape index (κ3) is 10.1. The number of aliphatic hydroxyl groups is 1. The monoisotopic (exact) mass is 687 g/mol. The van der Waals surface area contributed by atoms with Crippen molar-refractivity contribution in [3.63, 3.8) is 0 Å². The lowest BCUT2D eigenvalue weighted by Crippen LogP contribution is -2.48. The minimum absolute atomic E-state index is 0.0411. The molecule has 0 unspecified atom stereocenters. The van der Waals surface area contributed by atoms with Crippen molar-refractivity contribution in [3.8, 4) is 0 Å². The first kappa shape index (κ1) is 35.2. The molecule has 44 heavy (non-hydrogen) atoms. The topological polar surface area (TPSA) is 155 Å². The van der Waals surface area contributed by atoms with Crippen LogP contribution in [-0.2, 0) is 21.2 Å². The van der Waals surface area contributed by atoms with E-state index in [0.29, 0.717) is 37.1 Å². The number of benzene rings is 2. The van der Waals surface area contributed by atoms with E-state index in [1.54, 1.807) is 24.3 Å². The number of unbranched alkanes of at least 4 members (excludes halogenated alkanes) is 1. The molecule has 12 heteroatoms. The zero-order valence-corrected chi connectivity index (χ0v) is 27.8. The molecule has 0 saturated carbocycles. The molecule has 0 aliphatic heterocycles. The minimum atomic E-state index is -3.86. The fourth-order valence-electron chi connectivity index (χ4n) is 4.68. The summed E-state index contributed by atoms with van der Waals surface area (Å²) in [5.41, 5.74) is 8.21. The lowest BCUT2D eigenvalue weighted by atomic mass is 10.0. The number of sulfonamides is 1. The molecular weight excluding hydrogens is 646 g/mol. The summed E-state index contributed by atoms with van der Waals surface area (Å²) in [7, 11) is -3.86. The first-order chi connectivity index (χ1) is 20.9. The second-order valence-corrected chi connectivity index (χ2v) is 13.9. The Morgan fingerprint density at radius 3 is 2.36 bits per heavy atom. The Bertz CT molecular complexity index is 1480. The highest BCUT2D eigenvalue weighted by molar-refractivity contribution is 9.10. The van der Waals surface area contributed by atoms with Gasteiger partial charge in [0.15, 0.2) is 0 Å². The van der Waals surface area contributed by atoms with Gasteiger partial charge in [0, 0.05) is 47.6 Å². The van der Waals surface area contributed by atoms with Gasteiger partial charge in [-0.25, -0.2) is 8.42 Å². The number of anilines is 1. The van der Waals surface area contributed by atoms with Crippen LogP contribution in [-0.4, -0.2) is 66.4 Å². The molecule has 0 aliphatic rings. The summed E-state index contributed by atoms with van der Waals surface area (Å²) in [5, 5.41) is 15.9. The SMILES string of the molecule is Cc1ccc(C(=O)N[C@H](Cc2ccccc2Br)C(=O)NCCCC[C@@H](CO)N(CC(C)C)S(=O)(=O)c2ccc(N)cc2)cn1. The van der Waals surface area contributed by atoms with Crippen LogP contribution in [0, 0.1) is 12.8 Å². The number of nitrogens with zero attached hydrogens (tertiary/aromatic N) is 2. The Morgan fingerprint density at radius 2 is 1.75 bits per heavy atom. The van der Waals surface area contributed by atoms with E-state index in [1.807, 2.05) is 45.0 Å². The van der Waals surface area contributed by atoms with Crippen LogP contribution < -0.4 is 16.4 Å². The molecule has 0 radical (unpaired) electrons. The predicted molar refractivity (Wildman–Crippen MR) is 175 cm³/mol. The lowest BCUT2D eigenvalue weighted by Gasteiger charge is -2.31. The number of aryl methyl sites for hydroxylation is 1. The first-order valence-electron chi connectivity index (χ1n) is 14.6. The number of nitrogen functional groups attached to an aromatic ring is 1. The summed E-state index contributed by atoms with van der Waals surface area (Å²) in [6, 6.07) is 15.5. The van der Waals surface area contributed by atoms with E-state index < -0.39 is 28.0 Å².